The Morgan fingerprint density at radius 2 is 1.70 bits per heavy atom. The minimum atomic E-state index is -4.73. The number of carbonyl (C=O) groups is 1. The zero-order valence-electron chi connectivity index (χ0n) is 12.1. The smallest absolute Gasteiger partial charge is 0.489 e. The normalized spacial score (nSPS) is 11.0. The maximum Gasteiger partial charge on any atom is 0.573 e. The summed E-state index contributed by atoms with van der Waals surface area (Å²) in [6, 6.07) is 11.7. The highest BCUT2D eigenvalue weighted by Crippen LogP contribution is 2.25. The molecule has 0 heterocycles. The molecule has 2 rings (SSSR count). The van der Waals surface area contributed by atoms with Gasteiger partial charge in [-0.2, -0.15) is 0 Å². The van der Waals surface area contributed by atoms with Crippen molar-refractivity contribution in [3.05, 3.63) is 59.7 Å². The number of rotatable bonds is 5. The van der Waals surface area contributed by atoms with E-state index in [1.165, 1.54) is 19.2 Å². The van der Waals surface area contributed by atoms with E-state index in [1.807, 2.05) is 0 Å². The summed E-state index contributed by atoms with van der Waals surface area (Å²) in [4.78, 5) is 11.4. The molecule has 23 heavy (non-hydrogen) atoms. The van der Waals surface area contributed by atoms with Crippen LogP contribution in [0.15, 0.2) is 48.5 Å². The number of alkyl halides is 3. The van der Waals surface area contributed by atoms with Gasteiger partial charge in [0, 0.05) is 0 Å². The summed E-state index contributed by atoms with van der Waals surface area (Å²) in [7, 11) is 1.29. The third-order valence-electron chi connectivity index (χ3n) is 2.81. The van der Waals surface area contributed by atoms with E-state index >= 15 is 0 Å². The van der Waals surface area contributed by atoms with E-state index in [0.29, 0.717) is 11.3 Å². The van der Waals surface area contributed by atoms with Gasteiger partial charge in [0.2, 0.25) is 0 Å². The fourth-order valence-corrected chi connectivity index (χ4v) is 1.81. The minimum Gasteiger partial charge on any atom is -0.489 e. The lowest BCUT2D eigenvalue weighted by Crippen LogP contribution is -2.16. The molecule has 0 aliphatic carbocycles. The second kappa shape index (κ2) is 7.04. The van der Waals surface area contributed by atoms with Gasteiger partial charge in [-0.15, -0.1) is 13.2 Å². The van der Waals surface area contributed by atoms with Gasteiger partial charge in [-0.1, -0.05) is 12.1 Å². The predicted molar refractivity (Wildman–Crippen MR) is 75.2 cm³/mol. The Morgan fingerprint density at radius 1 is 1.04 bits per heavy atom. The molecule has 0 unspecified atom stereocenters. The molecular weight excluding hydrogens is 313 g/mol. The van der Waals surface area contributed by atoms with Crippen LogP contribution in [0.4, 0.5) is 13.2 Å². The Kier molecular flexibility index (Phi) is 5.10. The monoisotopic (exact) mass is 326 g/mol. The van der Waals surface area contributed by atoms with Crippen molar-refractivity contribution in [2.75, 3.05) is 7.11 Å². The molecule has 0 aliphatic heterocycles. The molecule has 0 atom stereocenters. The third kappa shape index (κ3) is 5.21. The van der Waals surface area contributed by atoms with E-state index in [0.717, 1.165) is 17.7 Å². The summed E-state index contributed by atoms with van der Waals surface area (Å²) in [6.45, 7) is 0.157. The Labute approximate surface area is 130 Å². The van der Waals surface area contributed by atoms with Crippen LogP contribution in [0.1, 0.15) is 15.9 Å². The number of esters is 1. The summed E-state index contributed by atoms with van der Waals surface area (Å²) in [5.41, 5.74) is 1.12. The number of methoxy groups -OCH3 is 1. The maximum absolute atomic E-state index is 12.1. The molecule has 4 nitrogen and oxygen atoms in total. The summed E-state index contributed by atoms with van der Waals surface area (Å²) >= 11 is 0. The number of benzene rings is 2. The van der Waals surface area contributed by atoms with E-state index in [4.69, 9.17) is 4.74 Å². The van der Waals surface area contributed by atoms with E-state index in [9.17, 15) is 18.0 Å². The predicted octanol–water partition coefficient (Wildman–Crippen LogP) is 3.95. The van der Waals surface area contributed by atoms with Gasteiger partial charge in [-0.05, 0) is 42.0 Å². The topological polar surface area (TPSA) is 44.8 Å². The molecule has 0 saturated carbocycles. The van der Waals surface area contributed by atoms with E-state index in [-0.39, 0.29) is 12.4 Å². The fraction of sp³-hybridized carbons (Fsp3) is 0.188. The molecule has 0 N–H and O–H groups in total. The van der Waals surface area contributed by atoms with Gasteiger partial charge in [0.15, 0.2) is 0 Å². The second-order valence-corrected chi connectivity index (χ2v) is 4.50. The van der Waals surface area contributed by atoms with E-state index in [1.54, 1.807) is 24.3 Å². The van der Waals surface area contributed by atoms with Crippen molar-refractivity contribution >= 4 is 5.97 Å². The average molecular weight is 326 g/mol. The molecule has 0 fully saturated rings. The van der Waals surface area contributed by atoms with Crippen molar-refractivity contribution in [1.82, 2.24) is 0 Å². The SMILES string of the molecule is COC(=O)c1cccc(COc2ccc(OC(F)(F)F)cc2)c1. The molecular formula is C16H13F3O4. The Hall–Kier alpha value is -2.70. The van der Waals surface area contributed by atoms with Crippen LogP contribution >= 0.6 is 0 Å². The highest BCUT2D eigenvalue weighted by atomic mass is 19.4. The largest absolute Gasteiger partial charge is 0.573 e. The van der Waals surface area contributed by atoms with Crippen LogP contribution in [0.25, 0.3) is 0 Å². The average Bonchev–Trinajstić information content (AvgIpc) is 2.52. The van der Waals surface area contributed by atoms with E-state index in [2.05, 4.69) is 9.47 Å². The van der Waals surface area contributed by atoms with Crippen LogP contribution in [0.2, 0.25) is 0 Å². The second-order valence-electron chi connectivity index (χ2n) is 4.50. The lowest BCUT2D eigenvalue weighted by atomic mass is 10.1. The zero-order valence-corrected chi connectivity index (χ0v) is 12.1. The Balaban J connectivity index is 1.97. The molecule has 0 aliphatic rings. The summed E-state index contributed by atoms with van der Waals surface area (Å²) in [6.07, 6.45) is -4.73. The molecule has 0 amide bonds. The van der Waals surface area contributed by atoms with Gasteiger partial charge in [-0.25, -0.2) is 4.79 Å². The zero-order chi connectivity index (χ0) is 16.9. The van der Waals surface area contributed by atoms with Crippen LogP contribution in [0.5, 0.6) is 11.5 Å². The molecule has 2 aromatic carbocycles. The fourth-order valence-electron chi connectivity index (χ4n) is 1.81. The van der Waals surface area contributed by atoms with Gasteiger partial charge in [0.1, 0.15) is 18.1 Å². The number of carbonyl (C=O) groups excluding carboxylic acids is 1. The standard InChI is InChI=1S/C16H13F3O4/c1-21-15(20)12-4-2-3-11(9-12)10-22-13-5-7-14(8-6-13)23-16(17,18)19/h2-9H,10H2,1H3. The quantitative estimate of drug-likeness (QED) is 0.781. The van der Waals surface area contributed by atoms with Crippen molar-refractivity contribution in [3.8, 4) is 11.5 Å². The number of ether oxygens (including phenoxy) is 3. The Morgan fingerprint density at radius 3 is 2.30 bits per heavy atom. The van der Waals surface area contributed by atoms with Crippen LogP contribution in [0, 0.1) is 0 Å². The first-order valence-electron chi connectivity index (χ1n) is 6.53. The summed E-state index contributed by atoms with van der Waals surface area (Å²) in [5, 5.41) is 0. The molecule has 0 radical (unpaired) electrons. The van der Waals surface area contributed by atoms with Crippen molar-refractivity contribution in [2.24, 2.45) is 0 Å². The molecule has 2 aromatic rings. The summed E-state index contributed by atoms with van der Waals surface area (Å²) in [5.74, 6) is -0.402. The lowest BCUT2D eigenvalue weighted by Gasteiger charge is -2.10. The lowest BCUT2D eigenvalue weighted by molar-refractivity contribution is -0.274. The highest BCUT2D eigenvalue weighted by Gasteiger charge is 2.30. The first kappa shape index (κ1) is 16.7. The van der Waals surface area contributed by atoms with Crippen molar-refractivity contribution in [1.29, 1.82) is 0 Å². The number of halogens is 3. The van der Waals surface area contributed by atoms with Crippen molar-refractivity contribution in [3.63, 3.8) is 0 Å². The van der Waals surface area contributed by atoms with Gasteiger partial charge < -0.3 is 14.2 Å². The molecule has 0 saturated heterocycles. The van der Waals surface area contributed by atoms with Crippen LogP contribution < -0.4 is 9.47 Å². The molecule has 0 spiro atoms. The molecule has 7 heteroatoms. The van der Waals surface area contributed by atoms with Crippen molar-refractivity contribution < 1.29 is 32.2 Å². The number of hydrogen-bond acceptors (Lipinski definition) is 4. The molecule has 0 bridgehead atoms. The van der Waals surface area contributed by atoms with Gasteiger partial charge in [0.05, 0.1) is 12.7 Å². The first-order chi connectivity index (χ1) is 10.9. The van der Waals surface area contributed by atoms with Gasteiger partial charge >= 0.3 is 12.3 Å². The van der Waals surface area contributed by atoms with E-state index < -0.39 is 12.3 Å². The first-order valence-corrected chi connectivity index (χ1v) is 6.53. The third-order valence-corrected chi connectivity index (χ3v) is 2.81. The van der Waals surface area contributed by atoms with Crippen LogP contribution in [-0.4, -0.2) is 19.4 Å². The summed E-state index contributed by atoms with van der Waals surface area (Å²) < 4.78 is 50.0. The Bertz CT molecular complexity index is 666. The highest BCUT2D eigenvalue weighted by molar-refractivity contribution is 5.89. The van der Waals surface area contributed by atoms with Crippen molar-refractivity contribution in [2.45, 2.75) is 13.0 Å². The van der Waals surface area contributed by atoms with Gasteiger partial charge in [-0.3, -0.25) is 0 Å². The van der Waals surface area contributed by atoms with Crippen LogP contribution in [-0.2, 0) is 11.3 Å². The van der Waals surface area contributed by atoms with Crippen LogP contribution in [0.3, 0.4) is 0 Å². The number of hydrogen-bond donors (Lipinski definition) is 0. The maximum atomic E-state index is 12.1. The molecule has 0 aromatic heterocycles. The molecule has 122 valence electrons. The minimum absolute atomic E-state index is 0.157. The van der Waals surface area contributed by atoms with Gasteiger partial charge in [0.25, 0.3) is 0 Å².